The van der Waals surface area contributed by atoms with Gasteiger partial charge >= 0.3 is 0 Å². The zero-order chi connectivity index (χ0) is 18.2. The van der Waals surface area contributed by atoms with Crippen molar-refractivity contribution in [1.29, 1.82) is 0 Å². The third kappa shape index (κ3) is 5.20. The number of hydrogen-bond donors (Lipinski definition) is 2. The van der Waals surface area contributed by atoms with Crippen LogP contribution in [0.15, 0.2) is 47.9 Å². The second-order valence-corrected chi connectivity index (χ2v) is 5.44. The number of aromatic amines is 1. The molecule has 0 fully saturated rings. The van der Waals surface area contributed by atoms with E-state index >= 15 is 0 Å². The van der Waals surface area contributed by atoms with Gasteiger partial charge in [0.2, 0.25) is 5.91 Å². The highest BCUT2D eigenvalue weighted by Gasteiger charge is 2.16. The summed E-state index contributed by atoms with van der Waals surface area (Å²) in [5.41, 5.74) is 6.22. The first-order valence-electron chi connectivity index (χ1n) is 7.97. The predicted octanol–water partition coefficient (Wildman–Crippen LogP) is 1.51. The molecule has 0 saturated heterocycles. The molecule has 0 radical (unpaired) electrons. The summed E-state index contributed by atoms with van der Waals surface area (Å²) in [5.74, 6) is 0.584. The van der Waals surface area contributed by atoms with Gasteiger partial charge in [-0.15, -0.1) is 6.58 Å². The number of rotatable bonds is 8. The van der Waals surface area contributed by atoms with Gasteiger partial charge in [0.05, 0.1) is 13.0 Å². The van der Waals surface area contributed by atoms with Crippen molar-refractivity contribution >= 4 is 11.9 Å². The van der Waals surface area contributed by atoms with E-state index in [4.69, 9.17) is 10.5 Å². The number of nitrogens with two attached hydrogens (primary N) is 1. The largest absolute Gasteiger partial charge is 0.494 e. The molecule has 1 heterocycles. The Balaban J connectivity index is 2.13. The minimum absolute atomic E-state index is 0.0249. The molecular formula is C18H22N4O3. The molecule has 0 aliphatic rings. The Bertz CT molecular complexity index is 801. The van der Waals surface area contributed by atoms with Crippen LogP contribution in [-0.2, 0) is 17.8 Å². The van der Waals surface area contributed by atoms with Crippen LogP contribution in [0.3, 0.4) is 0 Å². The molecule has 0 aliphatic carbocycles. The molecule has 0 atom stereocenters. The maximum atomic E-state index is 12.6. The van der Waals surface area contributed by atoms with Crippen molar-refractivity contribution in [2.75, 3.05) is 18.9 Å². The molecule has 7 heteroatoms. The van der Waals surface area contributed by atoms with Crippen LogP contribution in [0, 0.1) is 0 Å². The normalized spacial score (nSPS) is 10.3. The van der Waals surface area contributed by atoms with Crippen LogP contribution in [0.2, 0.25) is 0 Å². The van der Waals surface area contributed by atoms with Gasteiger partial charge in [-0.3, -0.25) is 14.6 Å². The smallest absolute Gasteiger partial charge is 0.255 e. The molecule has 2 rings (SSSR count). The van der Waals surface area contributed by atoms with Crippen LogP contribution in [0.25, 0.3) is 0 Å². The van der Waals surface area contributed by atoms with E-state index in [0.717, 1.165) is 11.3 Å². The third-order valence-corrected chi connectivity index (χ3v) is 3.52. The maximum Gasteiger partial charge on any atom is 0.255 e. The van der Waals surface area contributed by atoms with Crippen molar-refractivity contribution in [2.24, 2.45) is 0 Å². The van der Waals surface area contributed by atoms with E-state index in [-0.39, 0.29) is 23.8 Å². The lowest BCUT2D eigenvalue weighted by molar-refractivity contribution is -0.130. The second-order valence-electron chi connectivity index (χ2n) is 5.44. The van der Waals surface area contributed by atoms with E-state index in [2.05, 4.69) is 16.5 Å². The van der Waals surface area contributed by atoms with E-state index in [9.17, 15) is 9.59 Å². The number of nitrogens with zero attached hydrogens (tertiary/aromatic N) is 2. The van der Waals surface area contributed by atoms with Crippen LogP contribution in [-0.4, -0.2) is 33.9 Å². The number of nitrogen functional groups attached to an aromatic ring is 1. The van der Waals surface area contributed by atoms with Gasteiger partial charge in [0, 0.05) is 24.8 Å². The van der Waals surface area contributed by atoms with E-state index in [0.29, 0.717) is 19.7 Å². The number of benzene rings is 1. The minimum atomic E-state index is -0.405. The van der Waals surface area contributed by atoms with Crippen LogP contribution in [0.5, 0.6) is 5.75 Å². The Labute approximate surface area is 146 Å². The van der Waals surface area contributed by atoms with Crippen LogP contribution >= 0.6 is 0 Å². The van der Waals surface area contributed by atoms with Crippen molar-refractivity contribution in [3.8, 4) is 5.75 Å². The summed E-state index contributed by atoms with van der Waals surface area (Å²) in [7, 11) is 0. The summed E-state index contributed by atoms with van der Waals surface area (Å²) in [6.07, 6.45) is 2.92. The summed E-state index contributed by atoms with van der Waals surface area (Å²) in [6, 6.07) is 7.56. The Hall–Kier alpha value is -3.09. The second kappa shape index (κ2) is 8.68. The predicted molar refractivity (Wildman–Crippen MR) is 96.2 cm³/mol. The summed E-state index contributed by atoms with van der Waals surface area (Å²) < 4.78 is 5.48. The number of H-pyrrole nitrogens is 1. The van der Waals surface area contributed by atoms with Crippen LogP contribution < -0.4 is 16.0 Å². The molecule has 1 aromatic carbocycles. The highest BCUT2D eigenvalue weighted by atomic mass is 16.5. The summed E-state index contributed by atoms with van der Waals surface area (Å²) >= 11 is 0. The average molecular weight is 342 g/mol. The SMILES string of the molecule is C=CCN(Cc1cccc(OCC)c1)C(=O)Cc1cnc(N)[nH]c1=O. The first kappa shape index (κ1) is 18.3. The number of anilines is 1. The van der Waals surface area contributed by atoms with E-state index in [1.54, 1.807) is 11.0 Å². The van der Waals surface area contributed by atoms with E-state index < -0.39 is 5.56 Å². The number of carbonyl (C=O) groups excluding carboxylic acids is 1. The lowest BCUT2D eigenvalue weighted by Crippen LogP contribution is -2.33. The van der Waals surface area contributed by atoms with Crippen molar-refractivity contribution < 1.29 is 9.53 Å². The number of carbonyl (C=O) groups is 1. The molecule has 0 unspecified atom stereocenters. The first-order chi connectivity index (χ1) is 12.0. The highest BCUT2D eigenvalue weighted by Crippen LogP contribution is 2.15. The average Bonchev–Trinajstić information content (AvgIpc) is 2.57. The molecule has 1 amide bonds. The van der Waals surface area contributed by atoms with Crippen LogP contribution in [0.4, 0.5) is 5.95 Å². The molecule has 3 N–H and O–H groups in total. The lowest BCUT2D eigenvalue weighted by Gasteiger charge is -2.21. The molecule has 1 aromatic heterocycles. The quantitative estimate of drug-likeness (QED) is 0.708. The van der Waals surface area contributed by atoms with Gasteiger partial charge in [-0.2, -0.15) is 0 Å². The number of hydrogen-bond acceptors (Lipinski definition) is 5. The van der Waals surface area contributed by atoms with Crippen molar-refractivity contribution in [3.05, 3.63) is 64.6 Å². The summed E-state index contributed by atoms with van der Waals surface area (Å²) in [6.45, 7) is 6.95. The molecule has 7 nitrogen and oxygen atoms in total. The Morgan fingerprint density at radius 3 is 2.96 bits per heavy atom. The molecule has 132 valence electrons. The Morgan fingerprint density at radius 1 is 1.48 bits per heavy atom. The fraction of sp³-hybridized carbons (Fsp3) is 0.278. The fourth-order valence-corrected chi connectivity index (χ4v) is 2.37. The minimum Gasteiger partial charge on any atom is -0.494 e. The molecule has 25 heavy (non-hydrogen) atoms. The number of ether oxygens (including phenoxy) is 1. The Morgan fingerprint density at radius 2 is 2.28 bits per heavy atom. The molecule has 0 aliphatic heterocycles. The van der Waals surface area contributed by atoms with Gasteiger partial charge in [-0.25, -0.2) is 4.98 Å². The number of nitrogens with one attached hydrogen (secondary N) is 1. The molecule has 0 spiro atoms. The maximum absolute atomic E-state index is 12.6. The zero-order valence-corrected chi connectivity index (χ0v) is 14.2. The van der Waals surface area contributed by atoms with Gasteiger partial charge < -0.3 is 15.4 Å². The zero-order valence-electron chi connectivity index (χ0n) is 14.2. The number of aromatic nitrogens is 2. The van der Waals surface area contributed by atoms with E-state index in [1.165, 1.54) is 6.20 Å². The monoisotopic (exact) mass is 342 g/mol. The third-order valence-electron chi connectivity index (χ3n) is 3.52. The lowest BCUT2D eigenvalue weighted by atomic mass is 10.1. The van der Waals surface area contributed by atoms with Gasteiger partial charge in [0.15, 0.2) is 5.95 Å². The highest BCUT2D eigenvalue weighted by molar-refractivity contribution is 5.78. The summed E-state index contributed by atoms with van der Waals surface area (Å²) in [4.78, 5) is 32.3. The van der Waals surface area contributed by atoms with Gasteiger partial charge in [-0.1, -0.05) is 18.2 Å². The standard InChI is InChI=1S/C18H22N4O3/c1-3-8-22(12-13-6-5-7-15(9-13)25-4-2)16(23)10-14-11-20-18(19)21-17(14)24/h3,5-7,9,11H,1,4,8,10,12H2,2H3,(H3,19,20,21,24). The molecule has 2 aromatic rings. The molecule has 0 bridgehead atoms. The van der Waals surface area contributed by atoms with Crippen molar-refractivity contribution in [2.45, 2.75) is 19.9 Å². The van der Waals surface area contributed by atoms with Crippen molar-refractivity contribution in [1.82, 2.24) is 14.9 Å². The van der Waals surface area contributed by atoms with Gasteiger partial charge in [-0.05, 0) is 24.6 Å². The molecule has 0 saturated carbocycles. The molecular weight excluding hydrogens is 320 g/mol. The topological polar surface area (TPSA) is 101 Å². The van der Waals surface area contributed by atoms with E-state index in [1.807, 2.05) is 31.2 Å². The van der Waals surface area contributed by atoms with Gasteiger partial charge in [0.25, 0.3) is 5.56 Å². The summed E-state index contributed by atoms with van der Waals surface area (Å²) in [5, 5.41) is 0. The van der Waals surface area contributed by atoms with Crippen LogP contribution in [0.1, 0.15) is 18.1 Å². The number of amides is 1. The first-order valence-corrected chi connectivity index (χ1v) is 7.97. The Kier molecular flexibility index (Phi) is 6.33. The van der Waals surface area contributed by atoms with Gasteiger partial charge in [0.1, 0.15) is 5.75 Å². The fourth-order valence-electron chi connectivity index (χ4n) is 2.37. The van der Waals surface area contributed by atoms with Crippen molar-refractivity contribution in [3.63, 3.8) is 0 Å².